The fraction of sp³-hybridized carbons (Fsp3) is 0.533. The van der Waals surface area contributed by atoms with Gasteiger partial charge in [-0.3, -0.25) is 4.79 Å². The molecule has 1 amide bonds. The molecule has 0 fully saturated rings. The van der Waals surface area contributed by atoms with Gasteiger partial charge in [0.2, 0.25) is 5.91 Å². The van der Waals surface area contributed by atoms with Gasteiger partial charge in [-0.1, -0.05) is 19.1 Å². The van der Waals surface area contributed by atoms with Crippen LogP contribution in [0, 0.1) is 5.92 Å². The number of aliphatic hydroxyl groups is 1. The molecular formula is C15H23NO3. The number of hydrogen-bond acceptors (Lipinski definition) is 3. The van der Waals surface area contributed by atoms with Crippen LogP contribution in [0.1, 0.15) is 31.7 Å². The summed E-state index contributed by atoms with van der Waals surface area (Å²) >= 11 is 0. The van der Waals surface area contributed by atoms with Crippen molar-refractivity contribution < 1.29 is 14.6 Å². The van der Waals surface area contributed by atoms with Crippen LogP contribution in [-0.4, -0.2) is 31.3 Å². The summed E-state index contributed by atoms with van der Waals surface area (Å²) in [6.45, 7) is 4.65. The second-order valence-corrected chi connectivity index (χ2v) is 4.86. The summed E-state index contributed by atoms with van der Waals surface area (Å²) in [5.74, 6) is 0.895. The van der Waals surface area contributed by atoms with Crippen LogP contribution in [0.25, 0.3) is 0 Å². The third-order valence-electron chi connectivity index (χ3n) is 3.26. The summed E-state index contributed by atoms with van der Waals surface area (Å²) in [7, 11) is 1.62. The fourth-order valence-corrected chi connectivity index (χ4v) is 1.79. The van der Waals surface area contributed by atoms with Crippen LogP contribution in [0.4, 0.5) is 0 Å². The van der Waals surface area contributed by atoms with Gasteiger partial charge in [-0.25, -0.2) is 0 Å². The molecule has 2 N–H and O–H groups in total. The van der Waals surface area contributed by atoms with Crippen molar-refractivity contribution >= 4 is 5.91 Å². The molecule has 2 atom stereocenters. The number of ether oxygens (including phenoxy) is 1. The zero-order chi connectivity index (χ0) is 14.3. The van der Waals surface area contributed by atoms with Gasteiger partial charge < -0.3 is 15.2 Å². The van der Waals surface area contributed by atoms with Gasteiger partial charge in [-0.05, 0) is 37.0 Å². The van der Waals surface area contributed by atoms with E-state index in [9.17, 15) is 4.79 Å². The monoisotopic (exact) mass is 265 g/mol. The van der Waals surface area contributed by atoms with Crippen molar-refractivity contribution in [3.8, 4) is 5.75 Å². The zero-order valence-electron chi connectivity index (χ0n) is 11.8. The Morgan fingerprint density at radius 3 is 2.47 bits per heavy atom. The van der Waals surface area contributed by atoms with Crippen LogP contribution >= 0.6 is 0 Å². The summed E-state index contributed by atoms with van der Waals surface area (Å²) in [4.78, 5) is 12.0. The van der Waals surface area contributed by atoms with E-state index in [0.29, 0.717) is 13.0 Å². The number of carbonyl (C=O) groups excluding carboxylic acids is 1. The number of carbonyl (C=O) groups is 1. The van der Waals surface area contributed by atoms with E-state index in [1.807, 2.05) is 38.1 Å². The highest BCUT2D eigenvalue weighted by Crippen LogP contribution is 2.19. The van der Waals surface area contributed by atoms with Crippen LogP contribution in [-0.2, 0) is 4.79 Å². The SMILES string of the molecule is COc1ccc(C(C)C(=O)NCC(C)CCO)cc1. The van der Waals surface area contributed by atoms with Gasteiger partial charge in [-0.2, -0.15) is 0 Å². The van der Waals surface area contributed by atoms with Crippen molar-refractivity contribution in [2.24, 2.45) is 5.92 Å². The highest BCUT2D eigenvalue weighted by Gasteiger charge is 2.15. The molecule has 106 valence electrons. The maximum atomic E-state index is 12.0. The lowest BCUT2D eigenvalue weighted by molar-refractivity contribution is -0.122. The third kappa shape index (κ3) is 4.91. The molecule has 0 aliphatic carbocycles. The minimum absolute atomic E-state index is 0.00922. The molecule has 0 saturated carbocycles. The van der Waals surface area contributed by atoms with E-state index in [0.717, 1.165) is 11.3 Å². The number of methoxy groups -OCH3 is 1. The average Bonchev–Trinajstić information content (AvgIpc) is 2.44. The van der Waals surface area contributed by atoms with Gasteiger partial charge in [0.05, 0.1) is 13.0 Å². The van der Waals surface area contributed by atoms with Crippen LogP contribution in [0.2, 0.25) is 0 Å². The average molecular weight is 265 g/mol. The molecule has 1 aromatic carbocycles. The first-order valence-corrected chi connectivity index (χ1v) is 6.61. The van der Waals surface area contributed by atoms with Crippen molar-refractivity contribution in [2.45, 2.75) is 26.2 Å². The molecule has 1 aromatic rings. The molecule has 0 heterocycles. The molecule has 1 rings (SSSR count). The van der Waals surface area contributed by atoms with E-state index in [-0.39, 0.29) is 24.3 Å². The van der Waals surface area contributed by atoms with Crippen LogP contribution in [0.5, 0.6) is 5.75 Å². The summed E-state index contributed by atoms with van der Waals surface area (Å²) in [6.07, 6.45) is 0.706. The van der Waals surface area contributed by atoms with Crippen molar-refractivity contribution in [3.05, 3.63) is 29.8 Å². The van der Waals surface area contributed by atoms with E-state index in [1.54, 1.807) is 7.11 Å². The molecule has 0 saturated heterocycles. The first-order valence-electron chi connectivity index (χ1n) is 6.61. The molecule has 0 radical (unpaired) electrons. The second kappa shape index (κ2) is 7.79. The third-order valence-corrected chi connectivity index (χ3v) is 3.26. The number of rotatable bonds is 7. The summed E-state index contributed by atoms with van der Waals surface area (Å²) in [5.41, 5.74) is 0.966. The van der Waals surface area contributed by atoms with Gasteiger partial charge in [0.25, 0.3) is 0 Å². The summed E-state index contributed by atoms with van der Waals surface area (Å²) in [6, 6.07) is 7.52. The molecule has 4 nitrogen and oxygen atoms in total. The van der Waals surface area contributed by atoms with E-state index < -0.39 is 0 Å². The van der Waals surface area contributed by atoms with Gasteiger partial charge in [0, 0.05) is 13.2 Å². The highest BCUT2D eigenvalue weighted by atomic mass is 16.5. The lowest BCUT2D eigenvalue weighted by Gasteiger charge is -2.15. The fourth-order valence-electron chi connectivity index (χ4n) is 1.79. The Morgan fingerprint density at radius 1 is 1.32 bits per heavy atom. The summed E-state index contributed by atoms with van der Waals surface area (Å²) in [5, 5.41) is 11.7. The first kappa shape index (κ1) is 15.5. The molecule has 0 aromatic heterocycles. The number of benzene rings is 1. The Labute approximate surface area is 114 Å². The van der Waals surface area contributed by atoms with Crippen LogP contribution in [0.15, 0.2) is 24.3 Å². The minimum Gasteiger partial charge on any atom is -0.497 e. The lowest BCUT2D eigenvalue weighted by atomic mass is 10.00. The van der Waals surface area contributed by atoms with Crippen LogP contribution in [0.3, 0.4) is 0 Å². The van der Waals surface area contributed by atoms with Crippen molar-refractivity contribution in [3.63, 3.8) is 0 Å². The molecule has 0 bridgehead atoms. The van der Waals surface area contributed by atoms with Gasteiger partial charge in [0.15, 0.2) is 0 Å². The normalized spacial score (nSPS) is 13.7. The first-order chi connectivity index (χ1) is 9.08. The smallest absolute Gasteiger partial charge is 0.227 e. The Bertz CT molecular complexity index is 389. The van der Waals surface area contributed by atoms with E-state index >= 15 is 0 Å². The molecular weight excluding hydrogens is 242 g/mol. The maximum absolute atomic E-state index is 12.0. The van der Waals surface area contributed by atoms with E-state index in [4.69, 9.17) is 9.84 Å². The van der Waals surface area contributed by atoms with E-state index in [1.165, 1.54) is 0 Å². The second-order valence-electron chi connectivity index (χ2n) is 4.86. The highest BCUT2D eigenvalue weighted by molar-refractivity contribution is 5.83. The molecule has 0 aliphatic rings. The van der Waals surface area contributed by atoms with Crippen molar-refractivity contribution in [1.82, 2.24) is 5.32 Å². The van der Waals surface area contributed by atoms with Gasteiger partial charge in [-0.15, -0.1) is 0 Å². The van der Waals surface area contributed by atoms with Gasteiger partial charge >= 0.3 is 0 Å². The Kier molecular flexibility index (Phi) is 6.36. The minimum atomic E-state index is -0.188. The lowest BCUT2D eigenvalue weighted by Crippen LogP contribution is -2.32. The maximum Gasteiger partial charge on any atom is 0.227 e. The van der Waals surface area contributed by atoms with Crippen molar-refractivity contribution in [1.29, 1.82) is 0 Å². The number of amides is 1. The quantitative estimate of drug-likeness (QED) is 0.792. The Morgan fingerprint density at radius 2 is 1.95 bits per heavy atom. The Hall–Kier alpha value is -1.55. The largest absolute Gasteiger partial charge is 0.497 e. The topological polar surface area (TPSA) is 58.6 Å². The molecule has 0 spiro atoms. The molecule has 4 heteroatoms. The van der Waals surface area contributed by atoms with Crippen LogP contribution < -0.4 is 10.1 Å². The standard InChI is InChI=1S/C15H23NO3/c1-11(8-9-17)10-16-15(18)12(2)13-4-6-14(19-3)7-5-13/h4-7,11-12,17H,8-10H2,1-3H3,(H,16,18). The zero-order valence-corrected chi connectivity index (χ0v) is 11.8. The predicted octanol–water partition coefficient (Wildman–Crippen LogP) is 1.93. The predicted molar refractivity (Wildman–Crippen MR) is 75.3 cm³/mol. The van der Waals surface area contributed by atoms with Crippen molar-refractivity contribution in [2.75, 3.05) is 20.3 Å². The number of hydrogen-bond donors (Lipinski definition) is 2. The molecule has 0 aliphatic heterocycles. The number of nitrogens with one attached hydrogen (secondary N) is 1. The number of aliphatic hydroxyl groups excluding tert-OH is 1. The van der Waals surface area contributed by atoms with Gasteiger partial charge in [0.1, 0.15) is 5.75 Å². The molecule has 19 heavy (non-hydrogen) atoms. The summed E-state index contributed by atoms with van der Waals surface area (Å²) < 4.78 is 5.09. The van der Waals surface area contributed by atoms with E-state index in [2.05, 4.69) is 5.32 Å². The Balaban J connectivity index is 2.51. The molecule has 2 unspecified atom stereocenters.